The number of carbonyl (C=O) groups excluding carboxylic acids is 2. The van der Waals surface area contributed by atoms with E-state index in [0.717, 1.165) is 10.7 Å². The van der Waals surface area contributed by atoms with Gasteiger partial charge in [-0.3, -0.25) is 20.4 Å². The first kappa shape index (κ1) is 22.1. The van der Waals surface area contributed by atoms with Crippen LogP contribution in [0.25, 0.3) is 0 Å². The number of hydrogen-bond donors (Lipinski definition) is 2. The van der Waals surface area contributed by atoms with Gasteiger partial charge in [0, 0.05) is 5.38 Å². The van der Waals surface area contributed by atoms with E-state index in [-0.39, 0.29) is 24.5 Å². The van der Waals surface area contributed by atoms with Gasteiger partial charge in [-0.05, 0) is 43.3 Å². The number of ether oxygens (including phenoxy) is 2. The number of aromatic nitrogens is 1. The van der Waals surface area contributed by atoms with E-state index in [4.69, 9.17) is 13.9 Å². The maximum atomic E-state index is 12.6. The molecular weight excluding hydrogens is 442 g/mol. The molecule has 0 radical (unpaired) electrons. The summed E-state index contributed by atoms with van der Waals surface area (Å²) in [5, 5.41) is 2.84. The summed E-state index contributed by atoms with van der Waals surface area (Å²) in [5.74, 6) is 0.487. The molecule has 2 amide bonds. The lowest BCUT2D eigenvalue weighted by atomic mass is 10.2. The van der Waals surface area contributed by atoms with Gasteiger partial charge >= 0.3 is 5.91 Å². The van der Waals surface area contributed by atoms with E-state index < -0.39 is 11.8 Å². The van der Waals surface area contributed by atoms with Crippen molar-refractivity contribution in [1.29, 1.82) is 0 Å². The number of nitrogens with zero attached hydrogens (tertiary/aromatic N) is 1. The molecule has 8 nitrogen and oxygen atoms in total. The number of hydrogen-bond acceptors (Lipinski definition) is 7. The van der Waals surface area contributed by atoms with Gasteiger partial charge in [0.1, 0.15) is 30.5 Å². The first-order chi connectivity index (χ1) is 16.1. The average Bonchev–Trinajstić information content (AvgIpc) is 3.49. The Morgan fingerprint density at radius 2 is 1.67 bits per heavy atom. The molecule has 9 heteroatoms. The predicted molar refractivity (Wildman–Crippen MR) is 122 cm³/mol. The molecular formula is C24H21N3O5S. The average molecular weight is 464 g/mol. The van der Waals surface area contributed by atoms with Crippen LogP contribution in [0.1, 0.15) is 37.4 Å². The Hall–Kier alpha value is -4.11. The van der Waals surface area contributed by atoms with Crippen LogP contribution in [0, 0.1) is 6.92 Å². The summed E-state index contributed by atoms with van der Waals surface area (Å²) < 4.78 is 16.9. The second-order valence-electron chi connectivity index (χ2n) is 6.92. The fourth-order valence-corrected chi connectivity index (χ4v) is 3.49. The minimum absolute atomic E-state index is 0.0467. The molecule has 0 aliphatic rings. The minimum atomic E-state index is -0.592. The Balaban J connectivity index is 1.30. The highest BCUT2D eigenvalue weighted by molar-refractivity contribution is 7.09. The van der Waals surface area contributed by atoms with Gasteiger partial charge in [0.15, 0.2) is 5.76 Å². The van der Waals surface area contributed by atoms with Crippen molar-refractivity contribution in [2.24, 2.45) is 0 Å². The molecule has 0 fully saturated rings. The first-order valence-corrected chi connectivity index (χ1v) is 11.0. The quantitative estimate of drug-likeness (QED) is 0.378. The third-order valence-electron chi connectivity index (χ3n) is 4.47. The van der Waals surface area contributed by atoms with E-state index in [1.54, 1.807) is 30.3 Å². The molecule has 0 unspecified atom stereocenters. The summed E-state index contributed by atoms with van der Waals surface area (Å²) >= 11 is 1.53. The number of benzene rings is 2. The molecule has 0 aliphatic heterocycles. The van der Waals surface area contributed by atoms with Gasteiger partial charge in [0.2, 0.25) is 0 Å². The Labute approximate surface area is 194 Å². The number of carbonyl (C=O) groups is 2. The second kappa shape index (κ2) is 10.5. The fraction of sp³-hybridized carbons (Fsp3) is 0.125. The minimum Gasteiger partial charge on any atom is -0.486 e. The molecule has 0 aliphatic carbocycles. The van der Waals surface area contributed by atoms with Crippen molar-refractivity contribution in [3.8, 4) is 11.5 Å². The number of nitrogens with one attached hydrogen (secondary N) is 2. The molecule has 0 atom stereocenters. The largest absolute Gasteiger partial charge is 0.486 e. The molecule has 0 saturated carbocycles. The van der Waals surface area contributed by atoms with Crippen LogP contribution >= 0.6 is 11.3 Å². The number of amides is 2. The van der Waals surface area contributed by atoms with E-state index in [9.17, 15) is 9.59 Å². The monoisotopic (exact) mass is 463 g/mol. The van der Waals surface area contributed by atoms with Crippen LogP contribution in [0.3, 0.4) is 0 Å². The number of furan rings is 1. The zero-order valence-corrected chi connectivity index (χ0v) is 18.6. The normalized spacial score (nSPS) is 10.5. The number of aryl methyl sites for hydroxylation is 1. The maximum absolute atomic E-state index is 12.6. The van der Waals surface area contributed by atoms with E-state index in [0.29, 0.717) is 17.3 Å². The van der Waals surface area contributed by atoms with Crippen molar-refractivity contribution < 1.29 is 23.5 Å². The third kappa shape index (κ3) is 5.98. The van der Waals surface area contributed by atoms with Crippen LogP contribution in [-0.4, -0.2) is 16.8 Å². The highest BCUT2D eigenvalue weighted by Gasteiger charge is 2.16. The zero-order chi connectivity index (χ0) is 23.0. The molecule has 0 saturated heterocycles. The molecule has 2 aromatic carbocycles. The lowest BCUT2D eigenvalue weighted by Crippen LogP contribution is -2.41. The van der Waals surface area contributed by atoms with Gasteiger partial charge in [0.25, 0.3) is 5.91 Å². The van der Waals surface area contributed by atoms with Crippen LogP contribution in [-0.2, 0) is 13.2 Å². The number of thiazole rings is 1. The predicted octanol–water partition coefficient (Wildman–Crippen LogP) is 4.28. The van der Waals surface area contributed by atoms with Gasteiger partial charge < -0.3 is 13.9 Å². The molecule has 2 heterocycles. The van der Waals surface area contributed by atoms with Crippen LogP contribution in [0.2, 0.25) is 0 Å². The van der Waals surface area contributed by atoms with Gasteiger partial charge in [-0.1, -0.05) is 30.3 Å². The number of para-hydroxylation sites is 2. The molecule has 4 rings (SSSR count). The van der Waals surface area contributed by atoms with Crippen LogP contribution in [0.15, 0.2) is 76.5 Å². The van der Waals surface area contributed by atoms with Crippen molar-refractivity contribution in [1.82, 2.24) is 15.8 Å². The Morgan fingerprint density at radius 1 is 0.909 bits per heavy atom. The third-order valence-corrected chi connectivity index (χ3v) is 5.30. The molecule has 0 bridgehead atoms. The topological polar surface area (TPSA) is 103 Å². The van der Waals surface area contributed by atoms with Crippen molar-refractivity contribution >= 4 is 23.2 Å². The van der Waals surface area contributed by atoms with Gasteiger partial charge in [-0.2, -0.15) is 0 Å². The van der Waals surface area contributed by atoms with Gasteiger partial charge in [-0.25, -0.2) is 4.98 Å². The Bertz CT molecular complexity index is 1240. The molecule has 33 heavy (non-hydrogen) atoms. The second-order valence-corrected chi connectivity index (χ2v) is 7.98. The van der Waals surface area contributed by atoms with E-state index >= 15 is 0 Å². The molecule has 4 aromatic rings. The summed E-state index contributed by atoms with van der Waals surface area (Å²) in [6.07, 6.45) is 0. The summed E-state index contributed by atoms with van der Waals surface area (Å²) in [5.41, 5.74) is 5.80. The summed E-state index contributed by atoms with van der Waals surface area (Å²) in [7, 11) is 0. The molecule has 168 valence electrons. The molecule has 0 spiro atoms. The summed E-state index contributed by atoms with van der Waals surface area (Å²) in [6, 6.07) is 19.2. The fourth-order valence-electron chi connectivity index (χ4n) is 2.90. The van der Waals surface area contributed by atoms with Gasteiger partial charge in [0.05, 0.1) is 16.3 Å². The van der Waals surface area contributed by atoms with Crippen molar-refractivity contribution in [2.45, 2.75) is 20.1 Å². The smallest absolute Gasteiger partial charge is 0.305 e. The van der Waals surface area contributed by atoms with E-state index in [1.807, 2.05) is 42.6 Å². The maximum Gasteiger partial charge on any atom is 0.305 e. The van der Waals surface area contributed by atoms with Gasteiger partial charge in [-0.15, -0.1) is 11.3 Å². The van der Waals surface area contributed by atoms with E-state index in [2.05, 4.69) is 15.8 Å². The lowest BCUT2D eigenvalue weighted by molar-refractivity contribution is 0.0826. The van der Waals surface area contributed by atoms with Crippen LogP contribution in [0.4, 0.5) is 0 Å². The molecule has 2 aromatic heterocycles. The van der Waals surface area contributed by atoms with E-state index in [1.165, 1.54) is 17.4 Å². The van der Waals surface area contributed by atoms with Crippen molar-refractivity contribution in [2.75, 3.05) is 0 Å². The number of hydrazine groups is 1. The molecule has 2 N–H and O–H groups in total. The van der Waals surface area contributed by atoms with Crippen LogP contribution < -0.4 is 20.3 Å². The van der Waals surface area contributed by atoms with Crippen molar-refractivity contribution in [3.05, 3.63) is 99.9 Å². The summed E-state index contributed by atoms with van der Waals surface area (Å²) in [4.78, 5) is 29.3. The first-order valence-electron chi connectivity index (χ1n) is 10.1. The highest BCUT2D eigenvalue weighted by atomic mass is 32.1. The zero-order valence-electron chi connectivity index (χ0n) is 17.7. The Kier molecular flexibility index (Phi) is 7.01. The Morgan fingerprint density at radius 3 is 2.45 bits per heavy atom. The lowest BCUT2D eigenvalue weighted by Gasteiger charge is -2.11. The number of rotatable bonds is 8. The SMILES string of the molecule is Cc1nc(COc2ccccc2C(=O)NNC(=O)c2ccc(COc3ccccc3)o2)cs1. The van der Waals surface area contributed by atoms with Crippen LogP contribution in [0.5, 0.6) is 11.5 Å². The summed E-state index contributed by atoms with van der Waals surface area (Å²) in [6.45, 7) is 2.32. The van der Waals surface area contributed by atoms with Crippen molar-refractivity contribution in [3.63, 3.8) is 0 Å². The highest BCUT2D eigenvalue weighted by Crippen LogP contribution is 2.20. The standard InChI is InChI=1S/C24H21N3O5S/c1-16-25-17(15-33-16)13-31-21-10-6-5-9-20(21)23(28)26-27-24(29)22-12-11-19(32-22)14-30-18-7-3-2-4-8-18/h2-12,15H,13-14H2,1H3,(H,26,28)(H,27,29).